The molecule has 0 bridgehead atoms. The molecule has 0 spiro atoms. The number of nitrogens with one attached hydrogen (secondary N) is 1. The van der Waals surface area contributed by atoms with Gasteiger partial charge in [-0.2, -0.15) is 0 Å². The number of carbonyl (C=O) groups is 3. The number of imide groups is 1. The van der Waals surface area contributed by atoms with E-state index in [1.165, 1.54) is 0 Å². The van der Waals surface area contributed by atoms with Crippen LogP contribution in [0.4, 0.5) is 10.5 Å². The highest BCUT2D eigenvalue weighted by atomic mass is 16.5. The molecule has 3 aromatic rings. The van der Waals surface area contributed by atoms with Gasteiger partial charge in [0.05, 0.1) is 17.9 Å². The van der Waals surface area contributed by atoms with Crippen LogP contribution in [0.3, 0.4) is 0 Å². The lowest BCUT2D eigenvalue weighted by Crippen LogP contribution is -2.30. The Morgan fingerprint density at radius 1 is 1.00 bits per heavy atom. The molecule has 1 aliphatic rings. The monoisotopic (exact) mass is 429 g/mol. The molecule has 0 unspecified atom stereocenters. The molecule has 1 fully saturated rings. The van der Waals surface area contributed by atoms with Crippen LogP contribution in [0.15, 0.2) is 66.4 Å². The van der Waals surface area contributed by atoms with Crippen LogP contribution in [0.2, 0.25) is 0 Å². The normalized spacial score (nSPS) is 14.7. The number of aryl methyl sites for hydroxylation is 1. The summed E-state index contributed by atoms with van der Waals surface area (Å²) in [6.07, 6.45) is 1.69. The lowest BCUT2D eigenvalue weighted by molar-refractivity contribution is -0.113. The summed E-state index contributed by atoms with van der Waals surface area (Å²) in [5.74, 6) is -0.756. The topological polar surface area (TPSA) is 80.6 Å². The van der Waals surface area contributed by atoms with Gasteiger partial charge in [-0.1, -0.05) is 18.2 Å². The van der Waals surface area contributed by atoms with Gasteiger partial charge in [-0.3, -0.25) is 4.79 Å². The van der Waals surface area contributed by atoms with Crippen molar-refractivity contribution in [3.05, 3.63) is 88.9 Å². The third-order valence-electron chi connectivity index (χ3n) is 5.30. The van der Waals surface area contributed by atoms with Gasteiger partial charge >= 0.3 is 12.0 Å². The fraction of sp³-hybridized carbons (Fsp3) is 0.160. The van der Waals surface area contributed by atoms with Gasteiger partial charge in [0.1, 0.15) is 5.70 Å². The SMILES string of the molecule is CCOC(=O)c1ccc(-n2c(C)cc(C=C3NC(=O)N(c4ccccc4)C3=O)c2C)cc1. The summed E-state index contributed by atoms with van der Waals surface area (Å²) in [6.45, 7) is 5.99. The third kappa shape index (κ3) is 3.80. The first-order valence-electron chi connectivity index (χ1n) is 10.3. The number of aromatic nitrogens is 1. The zero-order valence-electron chi connectivity index (χ0n) is 18.1. The molecule has 3 amide bonds. The number of rotatable bonds is 5. The Hall–Kier alpha value is -4.13. The molecule has 0 atom stereocenters. The van der Waals surface area contributed by atoms with Crippen molar-refractivity contribution < 1.29 is 19.1 Å². The van der Waals surface area contributed by atoms with Gasteiger partial charge in [0, 0.05) is 17.1 Å². The molecule has 1 aromatic heterocycles. The second-order valence-corrected chi connectivity index (χ2v) is 7.39. The average molecular weight is 429 g/mol. The maximum absolute atomic E-state index is 12.9. The standard InChI is InChI=1S/C25H23N3O4/c1-4-32-24(30)18-10-12-21(13-11-18)27-16(2)14-19(17(27)3)15-22-23(29)28(25(31)26-22)20-8-6-5-7-9-20/h5-15H,4H2,1-3H3,(H,26,31). The number of para-hydroxylation sites is 1. The molecule has 32 heavy (non-hydrogen) atoms. The van der Waals surface area contributed by atoms with Crippen LogP contribution in [0.5, 0.6) is 0 Å². The Balaban J connectivity index is 1.64. The van der Waals surface area contributed by atoms with Crippen LogP contribution >= 0.6 is 0 Å². The largest absolute Gasteiger partial charge is 0.462 e. The number of urea groups is 1. The van der Waals surface area contributed by atoms with E-state index >= 15 is 0 Å². The van der Waals surface area contributed by atoms with Crippen molar-refractivity contribution in [2.24, 2.45) is 0 Å². The fourth-order valence-corrected chi connectivity index (χ4v) is 3.79. The van der Waals surface area contributed by atoms with Crippen molar-refractivity contribution in [3.63, 3.8) is 0 Å². The maximum atomic E-state index is 12.9. The highest BCUT2D eigenvalue weighted by molar-refractivity contribution is 6.28. The van der Waals surface area contributed by atoms with E-state index in [0.717, 1.165) is 27.5 Å². The van der Waals surface area contributed by atoms with E-state index < -0.39 is 11.9 Å². The highest BCUT2D eigenvalue weighted by Gasteiger charge is 2.34. The van der Waals surface area contributed by atoms with E-state index in [2.05, 4.69) is 5.32 Å². The van der Waals surface area contributed by atoms with Crippen molar-refractivity contribution >= 4 is 29.7 Å². The number of esters is 1. The molecule has 7 nitrogen and oxygen atoms in total. The summed E-state index contributed by atoms with van der Waals surface area (Å²) >= 11 is 0. The summed E-state index contributed by atoms with van der Waals surface area (Å²) in [4.78, 5) is 38.3. The number of carbonyl (C=O) groups excluding carboxylic acids is 3. The van der Waals surface area contributed by atoms with Crippen LogP contribution in [-0.4, -0.2) is 29.1 Å². The van der Waals surface area contributed by atoms with Crippen LogP contribution in [0, 0.1) is 13.8 Å². The molecule has 2 aromatic carbocycles. The number of hydrogen-bond donors (Lipinski definition) is 1. The van der Waals surface area contributed by atoms with E-state index in [1.807, 2.05) is 42.7 Å². The predicted molar refractivity (Wildman–Crippen MR) is 122 cm³/mol. The van der Waals surface area contributed by atoms with E-state index in [-0.39, 0.29) is 11.7 Å². The minimum atomic E-state index is -0.476. The number of hydrogen-bond acceptors (Lipinski definition) is 4. The van der Waals surface area contributed by atoms with Gasteiger partial charge in [-0.05, 0) is 74.9 Å². The van der Waals surface area contributed by atoms with E-state index in [9.17, 15) is 14.4 Å². The molecule has 0 aliphatic carbocycles. The number of ether oxygens (including phenoxy) is 1. The van der Waals surface area contributed by atoms with Gasteiger partial charge in [-0.15, -0.1) is 0 Å². The Labute approximate surface area is 185 Å². The van der Waals surface area contributed by atoms with Crippen LogP contribution < -0.4 is 10.2 Å². The lowest BCUT2D eigenvalue weighted by atomic mass is 10.2. The van der Waals surface area contributed by atoms with Crippen molar-refractivity contribution in [1.82, 2.24) is 9.88 Å². The molecule has 2 heterocycles. The minimum absolute atomic E-state index is 0.219. The van der Waals surface area contributed by atoms with Crippen LogP contribution in [0.25, 0.3) is 11.8 Å². The summed E-state index contributed by atoms with van der Waals surface area (Å²) < 4.78 is 7.06. The second kappa shape index (κ2) is 8.55. The molecule has 162 valence electrons. The van der Waals surface area contributed by atoms with Gasteiger partial charge in [-0.25, -0.2) is 14.5 Å². The third-order valence-corrected chi connectivity index (χ3v) is 5.30. The van der Waals surface area contributed by atoms with Crippen molar-refractivity contribution in [2.75, 3.05) is 11.5 Å². The average Bonchev–Trinajstić information content (AvgIpc) is 3.23. The van der Waals surface area contributed by atoms with Gasteiger partial charge in [0.2, 0.25) is 0 Å². The summed E-state index contributed by atoms with van der Waals surface area (Å²) in [5, 5.41) is 2.67. The van der Waals surface area contributed by atoms with Gasteiger partial charge < -0.3 is 14.6 Å². The molecular weight excluding hydrogens is 406 g/mol. The Morgan fingerprint density at radius 3 is 2.34 bits per heavy atom. The number of amides is 3. The fourth-order valence-electron chi connectivity index (χ4n) is 3.79. The molecular formula is C25H23N3O4. The van der Waals surface area contributed by atoms with E-state index in [4.69, 9.17) is 4.74 Å². The van der Waals surface area contributed by atoms with Gasteiger partial charge in [0.15, 0.2) is 0 Å². The molecule has 4 rings (SSSR count). The minimum Gasteiger partial charge on any atom is -0.462 e. The molecule has 1 N–H and O–H groups in total. The zero-order valence-corrected chi connectivity index (χ0v) is 18.1. The zero-order chi connectivity index (χ0) is 22.8. The molecule has 1 aliphatic heterocycles. The molecule has 7 heteroatoms. The Kier molecular flexibility index (Phi) is 5.64. The molecule has 0 saturated carbocycles. The first-order chi connectivity index (χ1) is 15.4. The smallest absolute Gasteiger partial charge is 0.338 e. The first-order valence-corrected chi connectivity index (χ1v) is 10.3. The quantitative estimate of drug-likeness (QED) is 0.371. The first kappa shape index (κ1) is 21.1. The Bertz CT molecular complexity index is 1220. The van der Waals surface area contributed by atoms with E-state index in [0.29, 0.717) is 17.9 Å². The van der Waals surface area contributed by atoms with Crippen molar-refractivity contribution in [1.29, 1.82) is 0 Å². The van der Waals surface area contributed by atoms with E-state index in [1.54, 1.807) is 49.4 Å². The summed E-state index contributed by atoms with van der Waals surface area (Å²) in [7, 11) is 0. The summed E-state index contributed by atoms with van der Waals surface area (Å²) in [6, 6.07) is 17.4. The highest BCUT2D eigenvalue weighted by Crippen LogP contribution is 2.26. The maximum Gasteiger partial charge on any atom is 0.338 e. The predicted octanol–water partition coefficient (Wildman–Crippen LogP) is 4.37. The van der Waals surface area contributed by atoms with Crippen LogP contribution in [0.1, 0.15) is 34.2 Å². The number of benzene rings is 2. The molecule has 0 radical (unpaired) electrons. The second-order valence-electron chi connectivity index (χ2n) is 7.39. The van der Waals surface area contributed by atoms with Crippen molar-refractivity contribution in [3.8, 4) is 5.69 Å². The lowest BCUT2D eigenvalue weighted by Gasteiger charge is -2.11. The van der Waals surface area contributed by atoms with Crippen molar-refractivity contribution in [2.45, 2.75) is 20.8 Å². The van der Waals surface area contributed by atoms with Gasteiger partial charge in [0.25, 0.3) is 5.91 Å². The van der Waals surface area contributed by atoms with Crippen LogP contribution in [-0.2, 0) is 9.53 Å². The summed E-state index contributed by atoms with van der Waals surface area (Å²) in [5.41, 5.74) is 4.78. The number of anilines is 1. The Morgan fingerprint density at radius 2 is 1.69 bits per heavy atom. The number of nitrogens with zero attached hydrogens (tertiary/aromatic N) is 2. The molecule has 1 saturated heterocycles.